The third-order valence-corrected chi connectivity index (χ3v) is 3.58. The summed E-state index contributed by atoms with van der Waals surface area (Å²) < 4.78 is 5.10. The van der Waals surface area contributed by atoms with E-state index in [9.17, 15) is 4.79 Å². The van der Waals surface area contributed by atoms with Gasteiger partial charge in [-0.15, -0.1) is 0 Å². The number of carbonyl (C=O) groups excluding carboxylic acids is 1. The summed E-state index contributed by atoms with van der Waals surface area (Å²) in [6.07, 6.45) is 2.42. The van der Waals surface area contributed by atoms with Crippen LogP contribution in [-0.2, 0) is 9.53 Å². The molecule has 0 radical (unpaired) electrons. The predicted octanol–water partition coefficient (Wildman–Crippen LogP) is 0.999. The summed E-state index contributed by atoms with van der Waals surface area (Å²) in [5.74, 6) is -0.396. The van der Waals surface area contributed by atoms with Gasteiger partial charge in [0.2, 0.25) is 0 Å². The van der Waals surface area contributed by atoms with Crippen LogP contribution in [0.3, 0.4) is 0 Å². The molecule has 1 aliphatic heterocycles. The molecule has 0 aromatic rings. The van der Waals surface area contributed by atoms with Crippen molar-refractivity contribution in [2.24, 2.45) is 11.7 Å². The largest absolute Gasteiger partial charge is 0.466 e. The van der Waals surface area contributed by atoms with E-state index in [0.717, 1.165) is 13.1 Å². The summed E-state index contributed by atoms with van der Waals surface area (Å²) in [7, 11) is 0. The van der Waals surface area contributed by atoms with Crippen molar-refractivity contribution in [1.29, 1.82) is 0 Å². The minimum atomic E-state index is -0.231. The van der Waals surface area contributed by atoms with E-state index in [4.69, 9.17) is 10.5 Å². The molecule has 1 heterocycles. The molecule has 0 aliphatic carbocycles. The van der Waals surface area contributed by atoms with Crippen LogP contribution in [0.1, 0.15) is 33.6 Å². The van der Waals surface area contributed by atoms with E-state index in [1.54, 1.807) is 0 Å². The number of ether oxygens (including phenoxy) is 1. The smallest absolute Gasteiger partial charge is 0.312 e. The van der Waals surface area contributed by atoms with Crippen molar-refractivity contribution in [2.75, 3.05) is 26.2 Å². The van der Waals surface area contributed by atoms with E-state index >= 15 is 0 Å². The zero-order valence-corrected chi connectivity index (χ0v) is 10.7. The summed E-state index contributed by atoms with van der Waals surface area (Å²) in [5, 5.41) is 0. The van der Waals surface area contributed by atoms with Crippen molar-refractivity contribution in [1.82, 2.24) is 4.90 Å². The number of likely N-dealkylation sites (tertiary alicyclic amines) is 1. The number of hydrogen-bond acceptors (Lipinski definition) is 4. The number of carbonyl (C=O) groups is 1. The number of esters is 1. The van der Waals surface area contributed by atoms with Crippen LogP contribution in [0.4, 0.5) is 0 Å². The molecular weight excluding hydrogens is 204 g/mol. The average molecular weight is 228 g/mol. The molecule has 4 nitrogen and oxygen atoms in total. The maximum atomic E-state index is 11.8. The predicted molar refractivity (Wildman–Crippen MR) is 64.1 cm³/mol. The molecule has 1 saturated heterocycles. The highest BCUT2D eigenvalue weighted by Gasteiger charge is 2.40. The van der Waals surface area contributed by atoms with Gasteiger partial charge >= 0.3 is 5.97 Å². The van der Waals surface area contributed by atoms with Crippen molar-refractivity contribution in [3.05, 3.63) is 0 Å². The van der Waals surface area contributed by atoms with Gasteiger partial charge in [-0.3, -0.25) is 9.69 Å². The summed E-state index contributed by atoms with van der Waals surface area (Å²) in [5.41, 5.74) is 5.53. The highest BCUT2D eigenvalue weighted by molar-refractivity contribution is 5.74. The van der Waals surface area contributed by atoms with Gasteiger partial charge in [-0.25, -0.2) is 0 Å². The van der Waals surface area contributed by atoms with E-state index in [-0.39, 0.29) is 17.4 Å². The number of nitrogens with zero attached hydrogens (tertiary/aromatic N) is 1. The summed E-state index contributed by atoms with van der Waals surface area (Å²) in [6, 6.07) is 0. The third kappa shape index (κ3) is 2.74. The van der Waals surface area contributed by atoms with Crippen LogP contribution in [0.2, 0.25) is 0 Å². The Hall–Kier alpha value is -0.610. The van der Waals surface area contributed by atoms with Gasteiger partial charge in [0, 0.05) is 12.1 Å². The van der Waals surface area contributed by atoms with E-state index in [0.29, 0.717) is 13.2 Å². The first-order valence-corrected chi connectivity index (χ1v) is 6.15. The lowest BCUT2D eigenvalue weighted by atomic mass is 9.86. The maximum Gasteiger partial charge on any atom is 0.312 e. The van der Waals surface area contributed by atoms with Crippen molar-refractivity contribution >= 4 is 5.97 Å². The van der Waals surface area contributed by atoms with Crippen molar-refractivity contribution < 1.29 is 9.53 Å². The minimum absolute atomic E-state index is 0.165. The molecule has 0 saturated carbocycles. The molecule has 94 valence electrons. The fourth-order valence-electron chi connectivity index (χ4n) is 2.43. The lowest BCUT2D eigenvalue weighted by molar-refractivity contribution is -0.152. The van der Waals surface area contributed by atoms with Crippen LogP contribution in [0, 0.1) is 5.92 Å². The molecule has 0 aromatic heterocycles. The van der Waals surface area contributed by atoms with Gasteiger partial charge in [0.25, 0.3) is 0 Å². The number of nitrogens with two attached hydrogens (primary N) is 1. The maximum absolute atomic E-state index is 11.8. The Balaban J connectivity index is 2.72. The standard InChI is InChI=1S/C12H24N2O2/c1-4-16-11(15)10(9-13)12(2,3)14-7-5-6-8-14/h10H,4-9,13H2,1-3H3/t10-/m1/s1. The quantitative estimate of drug-likeness (QED) is 0.713. The number of hydrogen-bond donors (Lipinski definition) is 1. The molecule has 4 heteroatoms. The highest BCUT2D eigenvalue weighted by Crippen LogP contribution is 2.28. The molecule has 1 aliphatic rings. The molecule has 1 atom stereocenters. The van der Waals surface area contributed by atoms with Gasteiger partial charge in [-0.2, -0.15) is 0 Å². The van der Waals surface area contributed by atoms with Crippen LogP contribution in [0.5, 0.6) is 0 Å². The topological polar surface area (TPSA) is 55.6 Å². The molecular formula is C12H24N2O2. The van der Waals surface area contributed by atoms with Crippen molar-refractivity contribution in [3.8, 4) is 0 Å². The second-order valence-corrected chi connectivity index (χ2v) is 4.89. The van der Waals surface area contributed by atoms with Gasteiger partial charge in [-0.1, -0.05) is 0 Å². The van der Waals surface area contributed by atoms with Gasteiger partial charge in [0.1, 0.15) is 0 Å². The summed E-state index contributed by atoms with van der Waals surface area (Å²) in [6.45, 7) is 8.90. The Labute approximate surface area is 98.1 Å². The Morgan fingerprint density at radius 3 is 2.44 bits per heavy atom. The fraction of sp³-hybridized carbons (Fsp3) is 0.917. The Bertz CT molecular complexity index is 235. The lowest BCUT2D eigenvalue weighted by Gasteiger charge is -2.40. The van der Waals surface area contributed by atoms with Crippen LogP contribution in [0.25, 0.3) is 0 Å². The second-order valence-electron chi connectivity index (χ2n) is 4.89. The van der Waals surface area contributed by atoms with Crippen LogP contribution in [0.15, 0.2) is 0 Å². The Morgan fingerprint density at radius 2 is 2.00 bits per heavy atom. The molecule has 2 N–H and O–H groups in total. The minimum Gasteiger partial charge on any atom is -0.466 e. The van der Waals surface area contributed by atoms with E-state index in [1.165, 1.54) is 12.8 Å². The SMILES string of the molecule is CCOC(=O)[C@@H](CN)C(C)(C)N1CCCC1. The Kier molecular flexibility index (Phi) is 4.74. The van der Waals surface area contributed by atoms with E-state index in [1.807, 2.05) is 6.92 Å². The first-order chi connectivity index (χ1) is 7.54. The van der Waals surface area contributed by atoms with E-state index < -0.39 is 0 Å². The molecule has 16 heavy (non-hydrogen) atoms. The molecule has 0 amide bonds. The molecule has 0 bridgehead atoms. The monoisotopic (exact) mass is 228 g/mol. The van der Waals surface area contributed by atoms with E-state index in [2.05, 4.69) is 18.7 Å². The molecule has 0 unspecified atom stereocenters. The number of rotatable bonds is 5. The zero-order chi connectivity index (χ0) is 12.2. The highest BCUT2D eigenvalue weighted by atomic mass is 16.5. The first kappa shape index (κ1) is 13.5. The van der Waals surface area contributed by atoms with Gasteiger partial charge in [0.05, 0.1) is 12.5 Å². The lowest BCUT2D eigenvalue weighted by Crippen LogP contribution is -2.53. The van der Waals surface area contributed by atoms with Crippen molar-refractivity contribution in [3.63, 3.8) is 0 Å². The van der Waals surface area contributed by atoms with Gasteiger partial charge in [-0.05, 0) is 46.7 Å². The zero-order valence-electron chi connectivity index (χ0n) is 10.7. The molecule has 1 rings (SSSR count). The molecule has 1 fully saturated rings. The van der Waals surface area contributed by atoms with Crippen molar-refractivity contribution in [2.45, 2.75) is 39.2 Å². The van der Waals surface area contributed by atoms with Crippen LogP contribution < -0.4 is 5.73 Å². The molecule has 0 spiro atoms. The van der Waals surface area contributed by atoms with Crippen LogP contribution >= 0.6 is 0 Å². The normalized spacial score (nSPS) is 19.8. The third-order valence-electron chi connectivity index (χ3n) is 3.58. The summed E-state index contributed by atoms with van der Waals surface area (Å²) >= 11 is 0. The second kappa shape index (κ2) is 5.64. The average Bonchev–Trinajstić information content (AvgIpc) is 2.71. The fourth-order valence-corrected chi connectivity index (χ4v) is 2.43. The molecule has 0 aromatic carbocycles. The first-order valence-electron chi connectivity index (χ1n) is 6.15. The summed E-state index contributed by atoms with van der Waals surface area (Å²) in [4.78, 5) is 14.2. The van der Waals surface area contributed by atoms with Crippen LogP contribution in [-0.4, -0.2) is 42.6 Å². The Morgan fingerprint density at radius 1 is 1.44 bits per heavy atom. The van der Waals surface area contributed by atoms with Gasteiger partial charge < -0.3 is 10.5 Å². The van der Waals surface area contributed by atoms with Gasteiger partial charge in [0.15, 0.2) is 0 Å².